The third-order valence-corrected chi connectivity index (χ3v) is 3.81. The topological polar surface area (TPSA) is 38.3 Å². The number of benzene rings is 2. The molecule has 0 aliphatic rings. The van der Waals surface area contributed by atoms with Gasteiger partial charge in [-0.2, -0.15) is 0 Å². The van der Waals surface area contributed by atoms with Crippen molar-refractivity contribution in [1.82, 2.24) is 5.32 Å². The molecule has 3 nitrogen and oxygen atoms in total. The normalized spacial score (nSPS) is 13.2. The second-order valence-electron chi connectivity index (χ2n) is 5.65. The first-order valence-electron chi connectivity index (χ1n) is 7.81. The average molecular weight is 332 g/mol. The van der Waals surface area contributed by atoms with Gasteiger partial charge in [-0.25, -0.2) is 0 Å². The maximum absolute atomic E-state index is 12.2. The first kappa shape index (κ1) is 17.4. The van der Waals surface area contributed by atoms with Crippen LogP contribution in [0.3, 0.4) is 0 Å². The Bertz CT molecular complexity index is 630. The van der Waals surface area contributed by atoms with Gasteiger partial charge in [-0.05, 0) is 50.5 Å². The second-order valence-corrected chi connectivity index (χ2v) is 6.09. The molecule has 0 fully saturated rings. The number of aryl methyl sites for hydroxylation is 1. The van der Waals surface area contributed by atoms with Crippen LogP contribution in [-0.2, 0) is 11.2 Å². The van der Waals surface area contributed by atoms with Gasteiger partial charge in [0.1, 0.15) is 5.75 Å². The minimum Gasteiger partial charge on any atom is -0.481 e. The van der Waals surface area contributed by atoms with Gasteiger partial charge in [0.15, 0.2) is 6.10 Å². The van der Waals surface area contributed by atoms with Gasteiger partial charge >= 0.3 is 0 Å². The van der Waals surface area contributed by atoms with Gasteiger partial charge in [-0.3, -0.25) is 4.79 Å². The second kappa shape index (κ2) is 8.59. The minimum absolute atomic E-state index is 0.0908. The standard InChI is InChI=1S/C19H22ClNO2/c1-14(11-12-16-7-4-3-5-8-16)21-19(22)15(2)23-18-10-6-9-17(20)13-18/h3-10,13-15H,11-12H2,1-2H3,(H,21,22)/t14-,15-/m0/s1. The van der Waals surface area contributed by atoms with Crippen LogP contribution in [0.2, 0.25) is 5.02 Å². The van der Waals surface area contributed by atoms with E-state index in [0.29, 0.717) is 10.8 Å². The summed E-state index contributed by atoms with van der Waals surface area (Å²) in [7, 11) is 0. The van der Waals surface area contributed by atoms with Crippen LogP contribution in [0.25, 0.3) is 0 Å². The SMILES string of the molecule is C[C@H](Oc1cccc(Cl)c1)C(=O)N[C@@H](C)CCc1ccccc1. The Hall–Kier alpha value is -2.00. The van der Waals surface area contributed by atoms with E-state index in [9.17, 15) is 4.79 Å². The maximum atomic E-state index is 12.2. The highest BCUT2D eigenvalue weighted by molar-refractivity contribution is 6.30. The number of carbonyl (C=O) groups excluding carboxylic acids is 1. The highest BCUT2D eigenvalue weighted by Gasteiger charge is 2.17. The summed E-state index contributed by atoms with van der Waals surface area (Å²) in [6.07, 6.45) is 1.26. The predicted molar refractivity (Wildman–Crippen MR) is 93.9 cm³/mol. The summed E-state index contributed by atoms with van der Waals surface area (Å²) in [5.74, 6) is 0.475. The largest absolute Gasteiger partial charge is 0.481 e. The van der Waals surface area contributed by atoms with E-state index in [2.05, 4.69) is 17.4 Å². The van der Waals surface area contributed by atoms with Crippen molar-refractivity contribution in [2.45, 2.75) is 38.8 Å². The smallest absolute Gasteiger partial charge is 0.260 e. The predicted octanol–water partition coefficient (Wildman–Crippen LogP) is 4.24. The van der Waals surface area contributed by atoms with Gasteiger partial charge in [0.2, 0.25) is 0 Å². The van der Waals surface area contributed by atoms with Gasteiger partial charge < -0.3 is 10.1 Å². The van der Waals surface area contributed by atoms with Crippen LogP contribution < -0.4 is 10.1 Å². The molecule has 1 amide bonds. The Morgan fingerprint density at radius 3 is 2.57 bits per heavy atom. The zero-order valence-electron chi connectivity index (χ0n) is 13.5. The van der Waals surface area contributed by atoms with Crippen LogP contribution in [0.15, 0.2) is 54.6 Å². The molecular formula is C19H22ClNO2. The van der Waals surface area contributed by atoms with Crippen molar-refractivity contribution in [3.05, 3.63) is 65.2 Å². The van der Waals surface area contributed by atoms with E-state index in [0.717, 1.165) is 12.8 Å². The fourth-order valence-corrected chi connectivity index (χ4v) is 2.44. The number of rotatable bonds is 7. The molecule has 23 heavy (non-hydrogen) atoms. The molecular weight excluding hydrogens is 310 g/mol. The number of nitrogens with one attached hydrogen (secondary N) is 1. The molecule has 2 atom stereocenters. The third-order valence-electron chi connectivity index (χ3n) is 3.58. The average Bonchev–Trinajstić information content (AvgIpc) is 2.54. The summed E-state index contributed by atoms with van der Waals surface area (Å²) >= 11 is 5.91. The zero-order chi connectivity index (χ0) is 16.7. The van der Waals surface area contributed by atoms with E-state index in [4.69, 9.17) is 16.3 Å². The molecule has 2 aromatic carbocycles. The van der Waals surface area contributed by atoms with Crippen molar-refractivity contribution in [2.75, 3.05) is 0 Å². The van der Waals surface area contributed by atoms with Gasteiger partial charge in [0.05, 0.1) is 0 Å². The summed E-state index contributed by atoms with van der Waals surface area (Å²) in [6.45, 7) is 3.74. The lowest BCUT2D eigenvalue weighted by atomic mass is 10.1. The molecule has 0 spiro atoms. The molecule has 0 aliphatic carbocycles. The molecule has 0 saturated heterocycles. The minimum atomic E-state index is -0.562. The van der Waals surface area contributed by atoms with Crippen molar-refractivity contribution in [1.29, 1.82) is 0 Å². The Morgan fingerprint density at radius 2 is 1.87 bits per heavy atom. The first-order valence-corrected chi connectivity index (χ1v) is 8.19. The number of amides is 1. The molecule has 0 bridgehead atoms. The number of hydrogen-bond donors (Lipinski definition) is 1. The van der Waals surface area contributed by atoms with E-state index < -0.39 is 6.10 Å². The number of halogens is 1. The lowest BCUT2D eigenvalue weighted by molar-refractivity contribution is -0.127. The van der Waals surface area contributed by atoms with Gasteiger partial charge in [-0.1, -0.05) is 48.0 Å². The molecule has 122 valence electrons. The van der Waals surface area contributed by atoms with Gasteiger partial charge in [0, 0.05) is 11.1 Å². The highest BCUT2D eigenvalue weighted by atomic mass is 35.5. The van der Waals surface area contributed by atoms with Crippen molar-refractivity contribution < 1.29 is 9.53 Å². The number of ether oxygens (including phenoxy) is 1. The third kappa shape index (κ3) is 5.95. The molecule has 4 heteroatoms. The molecule has 0 heterocycles. The molecule has 0 aromatic heterocycles. The van der Waals surface area contributed by atoms with Crippen LogP contribution in [-0.4, -0.2) is 18.1 Å². The van der Waals surface area contributed by atoms with Crippen LogP contribution in [0.1, 0.15) is 25.8 Å². The van der Waals surface area contributed by atoms with E-state index in [1.165, 1.54) is 5.56 Å². The summed E-state index contributed by atoms with van der Waals surface area (Å²) in [4.78, 5) is 12.2. The Balaban J connectivity index is 1.78. The maximum Gasteiger partial charge on any atom is 0.260 e. The molecule has 0 unspecified atom stereocenters. The van der Waals surface area contributed by atoms with Gasteiger partial charge in [0.25, 0.3) is 5.91 Å². The van der Waals surface area contributed by atoms with Crippen LogP contribution in [0.5, 0.6) is 5.75 Å². The van der Waals surface area contributed by atoms with Gasteiger partial charge in [-0.15, -0.1) is 0 Å². The summed E-state index contributed by atoms with van der Waals surface area (Å²) in [5, 5.41) is 3.58. The van der Waals surface area contributed by atoms with Crippen LogP contribution in [0.4, 0.5) is 0 Å². The molecule has 2 aromatic rings. The monoisotopic (exact) mass is 331 g/mol. The first-order chi connectivity index (χ1) is 11.0. The molecule has 1 N–H and O–H groups in total. The van der Waals surface area contributed by atoms with Crippen LogP contribution >= 0.6 is 11.6 Å². The van der Waals surface area contributed by atoms with E-state index in [-0.39, 0.29) is 11.9 Å². The lowest BCUT2D eigenvalue weighted by Crippen LogP contribution is -2.41. The fourth-order valence-electron chi connectivity index (χ4n) is 2.26. The van der Waals surface area contributed by atoms with Crippen molar-refractivity contribution in [2.24, 2.45) is 0 Å². The number of carbonyl (C=O) groups is 1. The summed E-state index contributed by atoms with van der Waals surface area (Å²) in [6, 6.07) is 17.4. The lowest BCUT2D eigenvalue weighted by Gasteiger charge is -2.19. The molecule has 2 rings (SSSR count). The highest BCUT2D eigenvalue weighted by Crippen LogP contribution is 2.18. The van der Waals surface area contributed by atoms with E-state index >= 15 is 0 Å². The molecule has 0 saturated carbocycles. The van der Waals surface area contributed by atoms with Crippen LogP contribution in [0, 0.1) is 0 Å². The summed E-state index contributed by atoms with van der Waals surface area (Å²) in [5.41, 5.74) is 1.27. The van der Waals surface area contributed by atoms with E-state index in [1.54, 1.807) is 31.2 Å². The van der Waals surface area contributed by atoms with Crippen molar-refractivity contribution in [3.63, 3.8) is 0 Å². The molecule has 0 aliphatic heterocycles. The Kier molecular flexibility index (Phi) is 6.48. The van der Waals surface area contributed by atoms with E-state index in [1.807, 2.05) is 25.1 Å². The van der Waals surface area contributed by atoms with Crippen molar-refractivity contribution >= 4 is 17.5 Å². The number of hydrogen-bond acceptors (Lipinski definition) is 2. The zero-order valence-corrected chi connectivity index (χ0v) is 14.2. The molecule has 0 radical (unpaired) electrons. The summed E-state index contributed by atoms with van der Waals surface area (Å²) < 4.78 is 5.62. The van der Waals surface area contributed by atoms with Crippen molar-refractivity contribution in [3.8, 4) is 5.75 Å². The quantitative estimate of drug-likeness (QED) is 0.824. The Labute approximate surface area is 142 Å². The fraction of sp³-hybridized carbons (Fsp3) is 0.316. The Morgan fingerprint density at radius 1 is 1.13 bits per heavy atom.